The van der Waals surface area contributed by atoms with Crippen LogP contribution in [-0.4, -0.2) is 24.0 Å². The van der Waals surface area contributed by atoms with Crippen LogP contribution in [0.5, 0.6) is 11.6 Å². The number of primary amides is 1. The Morgan fingerprint density at radius 3 is 2.48 bits per heavy atom. The number of benzene rings is 2. The molecule has 0 saturated carbocycles. The summed E-state index contributed by atoms with van der Waals surface area (Å²) in [7, 11) is 0. The summed E-state index contributed by atoms with van der Waals surface area (Å²) in [6, 6.07) is 21.8. The molecule has 0 aliphatic rings. The van der Waals surface area contributed by atoms with Gasteiger partial charge in [-0.25, -0.2) is 4.98 Å². The van der Waals surface area contributed by atoms with Gasteiger partial charge >= 0.3 is 0 Å². The van der Waals surface area contributed by atoms with E-state index in [1.807, 2.05) is 12.1 Å². The number of carbonyl (C=O) groups excluding carboxylic acids is 1. The largest absolute Gasteiger partial charge is 0.439 e. The molecular formula is C24H27N3O2. The summed E-state index contributed by atoms with van der Waals surface area (Å²) in [4.78, 5) is 15.2. The van der Waals surface area contributed by atoms with E-state index >= 15 is 0 Å². The van der Waals surface area contributed by atoms with Gasteiger partial charge in [-0.15, -0.1) is 0 Å². The van der Waals surface area contributed by atoms with E-state index in [0.29, 0.717) is 23.1 Å². The molecule has 5 nitrogen and oxygen atoms in total. The van der Waals surface area contributed by atoms with E-state index in [-0.39, 0.29) is 0 Å². The van der Waals surface area contributed by atoms with Gasteiger partial charge in [0.25, 0.3) is 0 Å². The molecule has 1 aromatic heterocycles. The molecule has 5 heteroatoms. The third-order valence-electron chi connectivity index (χ3n) is 4.80. The summed E-state index contributed by atoms with van der Waals surface area (Å²) < 4.78 is 5.70. The number of nitrogens with one attached hydrogen (secondary N) is 1. The minimum absolute atomic E-state index is 0.361. The van der Waals surface area contributed by atoms with Crippen molar-refractivity contribution in [1.29, 1.82) is 0 Å². The standard InChI is InChI=1S/C24H27N3O2/c1-18(20-7-3-2-4-8-20)16-26-15-5-6-19-9-12-22(13-10-19)29-23-14-11-21(17-27-23)24(25)28/h2-4,7-14,17-18,26H,5-6,15-16H2,1H3,(H2,25,28). The predicted octanol–water partition coefficient (Wildman–Crippen LogP) is 4.30. The SMILES string of the molecule is CC(CNCCCc1ccc(Oc2ccc(C(N)=O)cn2)cc1)c1ccccc1. The van der Waals surface area contributed by atoms with Gasteiger partial charge in [0, 0.05) is 18.8 Å². The molecule has 1 atom stereocenters. The first-order valence-electron chi connectivity index (χ1n) is 9.90. The summed E-state index contributed by atoms with van der Waals surface area (Å²) in [6.07, 6.45) is 3.51. The monoisotopic (exact) mass is 389 g/mol. The Morgan fingerprint density at radius 2 is 1.83 bits per heavy atom. The molecule has 3 N–H and O–H groups in total. The minimum Gasteiger partial charge on any atom is -0.439 e. The van der Waals surface area contributed by atoms with Crippen molar-refractivity contribution in [2.45, 2.75) is 25.7 Å². The van der Waals surface area contributed by atoms with Crippen molar-refractivity contribution in [3.63, 3.8) is 0 Å². The third kappa shape index (κ3) is 6.43. The number of aromatic nitrogens is 1. The Morgan fingerprint density at radius 1 is 1.07 bits per heavy atom. The van der Waals surface area contributed by atoms with Crippen molar-refractivity contribution >= 4 is 5.91 Å². The van der Waals surface area contributed by atoms with Crippen molar-refractivity contribution in [2.75, 3.05) is 13.1 Å². The second kappa shape index (κ2) is 10.4. The van der Waals surface area contributed by atoms with Gasteiger partial charge in [-0.3, -0.25) is 4.79 Å². The molecule has 0 spiro atoms. The second-order valence-corrected chi connectivity index (χ2v) is 7.11. The molecule has 3 rings (SSSR count). The van der Waals surface area contributed by atoms with Gasteiger partial charge in [0.1, 0.15) is 5.75 Å². The van der Waals surface area contributed by atoms with Crippen molar-refractivity contribution in [2.24, 2.45) is 5.73 Å². The molecule has 1 unspecified atom stereocenters. The van der Waals surface area contributed by atoms with E-state index in [4.69, 9.17) is 10.5 Å². The Kier molecular flexibility index (Phi) is 7.36. The molecule has 0 bridgehead atoms. The topological polar surface area (TPSA) is 77.2 Å². The fraction of sp³-hybridized carbons (Fsp3) is 0.250. The molecule has 29 heavy (non-hydrogen) atoms. The smallest absolute Gasteiger partial charge is 0.250 e. The number of rotatable bonds is 10. The number of hydrogen-bond acceptors (Lipinski definition) is 4. The highest BCUT2D eigenvalue weighted by molar-refractivity contribution is 5.92. The minimum atomic E-state index is -0.502. The van der Waals surface area contributed by atoms with Gasteiger partial charge in [0.15, 0.2) is 0 Å². The molecule has 0 radical (unpaired) electrons. The highest BCUT2D eigenvalue weighted by Gasteiger charge is 2.05. The summed E-state index contributed by atoms with van der Waals surface area (Å²) in [6.45, 7) is 4.22. The maximum absolute atomic E-state index is 11.1. The van der Waals surface area contributed by atoms with Crippen molar-refractivity contribution in [3.05, 3.63) is 89.6 Å². The van der Waals surface area contributed by atoms with Gasteiger partial charge in [0.2, 0.25) is 11.8 Å². The van der Waals surface area contributed by atoms with Gasteiger partial charge in [-0.1, -0.05) is 49.4 Å². The molecule has 2 aromatic carbocycles. The molecule has 0 aliphatic carbocycles. The van der Waals surface area contributed by atoms with Gasteiger partial charge in [0.05, 0.1) is 5.56 Å². The summed E-state index contributed by atoms with van der Waals surface area (Å²) in [5, 5.41) is 3.54. The molecule has 0 aliphatic heterocycles. The average Bonchev–Trinajstić information content (AvgIpc) is 2.75. The van der Waals surface area contributed by atoms with Crippen molar-refractivity contribution in [3.8, 4) is 11.6 Å². The Bertz CT molecular complexity index is 894. The number of ether oxygens (including phenoxy) is 1. The Balaban J connectivity index is 1.38. The van der Waals surface area contributed by atoms with Crippen LogP contribution in [0.25, 0.3) is 0 Å². The first kappa shape index (κ1) is 20.6. The quantitative estimate of drug-likeness (QED) is 0.507. The van der Waals surface area contributed by atoms with Crippen LogP contribution in [0.1, 0.15) is 40.7 Å². The average molecular weight is 389 g/mol. The highest BCUT2D eigenvalue weighted by atomic mass is 16.5. The number of carbonyl (C=O) groups is 1. The fourth-order valence-electron chi connectivity index (χ4n) is 3.07. The Hall–Kier alpha value is -3.18. The molecule has 3 aromatic rings. The van der Waals surface area contributed by atoms with E-state index in [9.17, 15) is 4.79 Å². The predicted molar refractivity (Wildman–Crippen MR) is 115 cm³/mol. The van der Waals surface area contributed by atoms with E-state index < -0.39 is 5.91 Å². The van der Waals surface area contributed by atoms with Crippen LogP contribution in [0.4, 0.5) is 0 Å². The van der Waals surface area contributed by atoms with Crippen molar-refractivity contribution < 1.29 is 9.53 Å². The van der Waals surface area contributed by atoms with Crippen LogP contribution >= 0.6 is 0 Å². The van der Waals surface area contributed by atoms with Crippen LogP contribution < -0.4 is 15.8 Å². The second-order valence-electron chi connectivity index (χ2n) is 7.11. The zero-order valence-corrected chi connectivity index (χ0v) is 16.7. The zero-order chi connectivity index (χ0) is 20.5. The first-order chi connectivity index (χ1) is 14.1. The summed E-state index contributed by atoms with van der Waals surface area (Å²) in [5.74, 6) is 1.15. The molecule has 150 valence electrons. The van der Waals surface area contributed by atoms with Crippen LogP contribution in [0.2, 0.25) is 0 Å². The third-order valence-corrected chi connectivity index (χ3v) is 4.80. The summed E-state index contributed by atoms with van der Waals surface area (Å²) in [5.41, 5.74) is 8.21. The molecular weight excluding hydrogens is 362 g/mol. The number of nitrogens with zero attached hydrogens (tertiary/aromatic N) is 1. The molecule has 1 heterocycles. The van der Waals surface area contributed by atoms with Gasteiger partial charge in [-0.2, -0.15) is 0 Å². The molecule has 0 fully saturated rings. The van der Waals surface area contributed by atoms with E-state index in [2.05, 4.69) is 59.7 Å². The number of aryl methyl sites for hydroxylation is 1. The zero-order valence-electron chi connectivity index (χ0n) is 16.7. The fourth-order valence-corrected chi connectivity index (χ4v) is 3.07. The normalized spacial score (nSPS) is 11.8. The van der Waals surface area contributed by atoms with E-state index in [0.717, 1.165) is 25.9 Å². The van der Waals surface area contributed by atoms with Gasteiger partial charge < -0.3 is 15.8 Å². The lowest BCUT2D eigenvalue weighted by Crippen LogP contribution is -2.21. The first-order valence-corrected chi connectivity index (χ1v) is 9.90. The lowest BCUT2D eigenvalue weighted by Gasteiger charge is -2.13. The lowest BCUT2D eigenvalue weighted by atomic mass is 10.0. The number of nitrogens with two attached hydrogens (primary N) is 1. The number of amides is 1. The van der Waals surface area contributed by atoms with Crippen molar-refractivity contribution in [1.82, 2.24) is 10.3 Å². The van der Waals surface area contributed by atoms with Crippen LogP contribution in [0.3, 0.4) is 0 Å². The molecule has 0 saturated heterocycles. The Labute approximate surface area is 171 Å². The van der Waals surface area contributed by atoms with E-state index in [1.54, 1.807) is 12.1 Å². The van der Waals surface area contributed by atoms with E-state index in [1.165, 1.54) is 17.3 Å². The van der Waals surface area contributed by atoms with Crippen LogP contribution in [0.15, 0.2) is 72.9 Å². The lowest BCUT2D eigenvalue weighted by molar-refractivity contribution is 0.1000. The number of pyridine rings is 1. The maximum Gasteiger partial charge on any atom is 0.250 e. The van der Waals surface area contributed by atoms with Crippen LogP contribution in [-0.2, 0) is 6.42 Å². The maximum atomic E-state index is 11.1. The number of hydrogen-bond donors (Lipinski definition) is 2. The molecule has 1 amide bonds. The van der Waals surface area contributed by atoms with Crippen LogP contribution in [0, 0.1) is 0 Å². The summed E-state index contributed by atoms with van der Waals surface area (Å²) >= 11 is 0. The highest BCUT2D eigenvalue weighted by Crippen LogP contribution is 2.20. The van der Waals surface area contributed by atoms with Gasteiger partial charge in [-0.05, 0) is 54.6 Å².